The molecule has 10 nitrogen and oxygen atoms in total. The van der Waals surface area contributed by atoms with Crippen molar-refractivity contribution in [2.75, 3.05) is 24.1 Å². The van der Waals surface area contributed by atoms with E-state index in [1.54, 1.807) is 4.72 Å². The van der Waals surface area contributed by atoms with Gasteiger partial charge in [0, 0.05) is 11.8 Å². The molecular formula is C17H19FN2O8S. The van der Waals surface area contributed by atoms with E-state index < -0.39 is 52.1 Å². The maximum absolute atomic E-state index is 15.1. The molecule has 0 aliphatic carbocycles. The van der Waals surface area contributed by atoms with Crippen LogP contribution in [0.15, 0.2) is 18.2 Å². The predicted octanol–water partition coefficient (Wildman–Crippen LogP) is 0.0833. The number of fused-ring (bicyclic) bond motifs is 1. The third-order valence-corrected chi connectivity index (χ3v) is 5.80. The summed E-state index contributed by atoms with van der Waals surface area (Å²) in [5, 5.41) is 38.9. The Morgan fingerprint density at radius 3 is 2.52 bits per heavy atom. The maximum atomic E-state index is 15.1. The number of anilines is 1. The number of phenols is 2. The summed E-state index contributed by atoms with van der Waals surface area (Å²) in [5.41, 5.74) is -2.11. The number of nitrogens with zero attached hydrogens (tertiary/aromatic N) is 1. The van der Waals surface area contributed by atoms with Crippen LogP contribution < -0.4 is 13.8 Å². The van der Waals surface area contributed by atoms with Gasteiger partial charge < -0.3 is 25.2 Å². The number of amides is 1. The van der Waals surface area contributed by atoms with E-state index in [0.717, 1.165) is 18.2 Å². The summed E-state index contributed by atoms with van der Waals surface area (Å²) in [5.74, 6) is -3.28. The molecule has 2 aromatic rings. The maximum Gasteiger partial charge on any atom is 0.326 e. The zero-order chi connectivity index (χ0) is 21.6. The van der Waals surface area contributed by atoms with Gasteiger partial charge in [-0.1, -0.05) is 0 Å². The van der Waals surface area contributed by atoms with Crippen LogP contribution in [0.2, 0.25) is 0 Å². The van der Waals surface area contributed by atoms with E-state index in [4.69, 9.17) is 9.84 Å². The number of aromatic hydroxyl groups is 2. The van der Waals surface area contributed by atoms with Crippen LogP contribution in [0.3, 0.4) is 0 Å². The van der Waals surface area contributed by atoms with E-state index in [1.807, 2.05) is 0 Å². The fourth-order valence-corrected chi connectivity index (χ4v) is 3.97. The molecule has 29 heavy (non-hydrogen) atoms. The van der Waals surface area contributed by atoms with Gasteiger partial charge in [0.25, 0.3) is 5.91 Å². The summed E-state index contributed by atoms with van der Waals surface area (Å²) >= 11 is 0. The Kier molecular flexibility index (Phi) is 5.19. The summed E-state index contributed by atoms with van der Waals surface area (Å²) in [6.07, 6.45) is 0.0179. The van der Waals surface area contributed by atoms with E-state index in [-0.39, 0.29) is 35.3 Å². The number of benzene rings is 2. The third-order valence-electron chi connectivity index (χ3n) is 4.42. The number of carbonyl (C=O) groups is 1. The minimum absolute atomic E-state index is 0.0179. The van der Waals surface area contributed by atoms with Crippen LogP contribution in [0.25, 0.3) is 10.8 Å². The van der Waals surface area contributed by atoms with Crippen molar-refractivity contribution >= 4 is 32.6 Å². The number of carbonyl (C=O) groups excluding carboxylic acids is 1. The highest BCUT2D eigenvalue weighted by molar-refractivity contribution is 7.92. The highest BCUT2D eigenvalue weighted by Gasteiger charge is 2.38. The van der Waals surface area contributed by atoms with Gasteiger partial charge in [-0.2, -0.15) is 8.42 Å². The smallest absolute Gasteiger partial charge is 0.326 e. The van der Waals surface area contributed by atoms with Crippen LogP contribution in [-0.4, -0.2) is 60.1 Å². The molecule has 12 heteroatoms. The van der Waals surface area contributed by atoms with Crippen molar-refractivity contribution in [2.45, 2.75) is 18.9 Å². The van der Waals surface area contributed by atoms with Crippen LogP contribution in [0.5, 0.6) is 17.2 Å². The molecule has 0 unspecified atom stereocenters. The lowest BCUT2D eigenvalue weighted by atomic mass is 10.0. The molecule has 1 saturated heterocycles. The van der Waals surface area contributed by atoms with Gasteiger partial charge in [0.05, 0.1) is 18.8 Å². The summed E-state index contributed by atoms with van der Waals surface area (Å²) in [6.45, 7) is 0.0691. The van der Waals surface area contributed by atoms with E-state index >= 15 is 4.39 Å². The summed E-state index contributed by atoms with van der Waals surface area (Å²) < 4.78 is 46.6. The SMILES string of the molecule is C[C@](O)(CO)CCOc1cc2c(F)c(N3CC(=O)NS3(=O)=O)c(O)cc2cc1O. The van der Waals surface area contributed by atoms with Gasteiger partial charge >= 0.3 is 10.2 Å². The molecule has 1 fully saturated rings. The number of nitrogens with one attached hydrogen (secondary N) is 1. The summed E-state index contributed by atoms with van der Waals surface area (Å²) in [4.78, 5) is 11.4. The fraction of sp³-hybridized carbons (Fsp3) is 0.353. The molecule has 3 rings (SSSR count). The minimum Gasteiger partial charge on any atom is -0.506 e. The molecule has 0 radical (unpaired) electrons. The molecule has 0 bridgehead atoms. The Bertz CT molecular complexity index is 1090. The molecule has 2 aromatic carbocycles. The van der Waals surface area contributed by atoms with Crippen molar-refractivity contribution in [1.29, 1.82) is 0 Å². The van der Waals surface area contributed by atoms with E-state index in [1.165, 1.54) is 6.92 Å². The van der Waals surface area contributed by atoms with Gasteiger partial charge in [0.1, 0.15) is 18.0 Å². The zero-order valence-electron chi connectivity index (χ0n) is 15.2. The highest BCUT2D eigenvalue weighted by atomic mass is 32.2. The van der Waals surface area contributed by atoms with Crippen LogP contribution in [-0.2, 0) is 15.0 Å². The lowest BCUT2D eigenvalue weighted by Crippen LogP contribution is -2.31. The second-order valence-corrected chi connectivity index (χ2v) is 8.48. The molecule has 1 atom stereocenters. The largest absolute Gasteiger partial charge is 0.506 e. The normalized spacial score (nSPS) is 17.9. The molecule has 1 heterocycles. The lowest BCUT2D eigenvalue weighted by Gasteiger charge is -2.21. The van der Waals surface area contributed by atoms with Crippen molar-refractivity contribution in [2.24, 2.45) is 0 Å². The summed E-state index contributed by atoms with van der Waals surface area (Å²) in [6, 6.07) is 3.27. The van der Waals surface area contributed by atoms with Gasteiger partial charge in [-0.05, 0) is 30.5 Å². The van der Waals surface area contributed by atoms with Crippen molar-refractivity contribution in [3.63, 3.8) is 0 Å². The van der Waals surface area contributed by atoms with Crippen LogP contribution >= 0.6 is 0 Å². The molecular weight excluding hydrogens is 411 g/mol. The first-order valence-corrected chi connectivity index (χ1v) is 9.87. The standard InChI is InChI=1S/C17H19FN2O8S/c1-17(25,8-21)2-3-28-13-6-10-9(4-11(13)22)5-12(23)16(15(10)18)20-7-14(24)19-29(20,26)27/h4-6,21-23,25H,2-3,7-8H2,1H3,(H,19,24)/t17-/m1/s1. The van der Waals surface area contributed by atoms with Crippen molar-refractivity contribution in [1.82, 2.24) is 4.72 Å². The van der Waals surface area contributed by atoms with Gasteiger partial charge in [-0.3, -0.25) is 4.79 Å². The van der Waals surface area contributed by atoms with E-state index in [0.29, 0.717) is 4.31 Å². The average Bonchev–Trinajstić information content (AvgIpc) is 2.88. The second kappa shape index (κ2) is 7.21. The Morgan fingerprint density at radius 1 is 1.28 bits per heavy atom. The number of phenolic OH excluding ortho intramolecular Hbond substituents is 2. The lowest BCUT2D eigenvalue weighted by molar-refractivity contribution is -0.117. The second-order valence-electron chi connectivity index (χ2n) is 6.89. The van der Waals surface area contributed by atoms with Crippen molar-refractivity contribution < 1.29 is 42.8 Å². The Hall–Kier alpha value is -2.83. The fourth-order valence-electron chi connectivity index (χ4n) is 2.81. The third kappa shape index (κ3) is 3.99. The number of hydrogen-bond acceptors (Lipinski definition) is 8. The molecule has 0 aromatic heterocycles. The molecule has 0 spiro atoms. The Labute approximate surface area is 164 Å². The number of halogens is 1. The number of ether oxygens (including phenoxy) is 1. The molecule has 1 aliphatic rings. The highest BCUT2D eigenvalue weighted by Crippen LogP contribution is 2.41. The number of hydrogen-bond donors (Lipinski definition) is 5. The van der Waals surface area contributed by atoms with Gasteiger partial charge in [-0.25, -0.2) is 13.4 Å². The molecule has 0 saturated carbocycles. The average molecular weight is 430 g/mol. The van der Waals surface area contributed by atoms with Crippen LogP contribution in [0.4, 0.5) is 10.1 Å². The molecule has 158 valence electrons. The first kappa shape index (κ1) is 20.9. The predicted molar refractivity (Wildman–Crippen MR) is 99.5 cm³/mol. The van der Waals surface area contributed by atoms with Crippen LogP contribution in [0, 0.1) is 5.82 Å². The first-order valence-electron chi connectivity index (χ1n) is 8.43. The van der Waals surface area contributed by atoms with Crippen LogP contribution in [0.1, 0.15) is 13.3 Å². The van der Waals surface area contributed by atoms with Gasteiger partial charge in [0.15, 0.2) is 17.3 Å². The number of rotatable bonds is 6. The van der Waals surface area contributed by atoms with Crippen molar-refractivity contribution in [3.8, 4) is 17.2 Å². The van der Waals surface area contributed by atoms with Gasteiger partial charge in [-0.15, -0.1) is 0 Å². The first-order chi connectivity index (χ1) is 13.4. The molecule has 1 aliphatic heterocycles. The minimum atomic E-state index is -4.35. The van der Waals surface area contributed by atoms with E-state index in [2.05, 4.69) is 0 Å². The molecule has 1 amide bonds. The topological polar surface area (TPSA) is 157 Å². The van der Waals surface area contributed by atoms with Crippen molar-refractivity contribution in [3.05, 3.63) is 24.0 Å². The Balaban J connectivity index is 2.02. The molecule has 5 N–H and O–H groups in total. The van der Waals surface area contributed by atoms with E-state index in [9.17, 15) is 28.5 Å². The quantitative estimate of drug-likeness (QED) is 0.431. The summed E-state index contributed by atoms with van der Waals surface area (Å²) in [7, 11) is -4.35. The monoisotopic (exact) mass is 430 g/mol. The number of aliphatic hydroxyl groups is 2. The van der Waals surface area contributed by atoms with Gasteiger partial charge in [0.2, 0.25) is 0 Å². The zero-order valence-corrected chi connectivity index (χ0v) is 16.0. The Morgan fingerprint density at radius 2 is 1.93 bits per heavy atom. The number of aliphatic hydroxyl groups excluding tert-OH is 1.